The van der Waals surface area contributed by atoms with Crippen molar-refractivity contribution in [2.75, 3.05) is 12.4 Å². The fourth-order valence-corrected chi connectivity index (χ4v) is 4.13. The molecule has 0 atom stereocenters. The molecule has 1 saturated carbocycles. The van der Waals surface area contributed by atoms with Gasteiger partial charge >= 0.3 is 0 Å². The number of fused-ring (bicyclic) bond motifs is 1. The van der Waals surface area contributed by atoms with Gasteiger partial charge in [0.25, 0.3) is 0 Å². The number of aliphatic hydroxyl groups is 1. The van der Waals surface area contributed by atoms with E-state index in [9.17, 15) is 4.39 Å². The summed E-state index contributed by atoms with van der Waals surface area (Å²) in [4.78, 5) is 8.62. The second-order valence-corrected chi connectivity index (χ2v) is 9.35. The van der Waals surface area contributed by atoms with Crippen LogP contribution in [-0.2, 0) is 0 Å². The van der Waals surface area contributed by atoms with Crippen LogP contribution in [0, 0.1) is 11.7 Å². The fourth-order valence-electron chi connectivity index (χ4n) is 3.96. The zero-order valence-corrected chi connectivity index (χ0v) is 21.6. The van der Waals surface area contributed by atoms with E-state index < -0.39 is 5.82 Å². The van der Waals surface area contributed by atoms with E-state index in [-0.39, 0.29) is 22.9 Å². The number of benzene rings is 2. The van der Waals surface area contributed by atoms with Crippen molar-refractivity contribution in [2.24, 2.45) is 5.92 Å². The van der Waals surface area contributed by atoms with Crippen LogP contribution in [0.15, 0.2) is 36.7 Å². The number of hydrogen-bond donors (Lipinski definition) is 2. The van der Waals surface area contributed by atoms with Crippen molar-refractivity contribution in [3.63, 3.8) is 0 Å². The Kier molecular flexibility index (Phi) is 9.93. The SMILES string of the molecule is CCC(O)CC.COc1cc2ncnc(Nc3cccc(Cl)c3F)c2cc1OC1CCC(C)CC1. The number of ether oxygens (including phenoxy) is 2. The van der Waals surface area contributed by atoms with Crippen LogP contribution in [0.1, 0.15) is 59.3 Å². The van der Waals surface area contributed by atoms with E-state index in [4.69, 9.17) is 26.2 Å². The molecule has 1 aliphatic carbocycles. The lowest BCUT2D eigenvalue weighted by Gasteiger charge is -2.27. The first-order valence-electron chi connectivity index (χ1n) is 12.2. The van der Waals surface area contributed by atoms with Gasteiger partial charge < -0.3 is 19.9 Å². The normalized spacial score (nSPS) is 17.6. The van der Waals surface area contributed by atoms with Crippen LogP contribution >= 0.6 is 11.6 Å². The highest BCUT2D eigenvalue weighted by molar-refractivity contribution is 6.31. The molecule has 1 fully saturated rings. The lowest BCUT2D eigenvalue weighted by molar-refractivity contribution is 0.131. The first kappa shape index (κ1) is 27.0. The number of aliphatic hydroxyl groups excluding tert-OH is 1. The van der Waals surface area contributed by atoms with E-state index in [1.165, 1.54) is 12.4 Å². The van der Waals surface area contributed by atoms with Crippen LogP contribution in [0.5, 0.6) is 11.5 Å². The highest BCUT2D eigenvalue weighted by atomic mass is 35.5. The summed E-state index contributed by atoms with van der Waals surface area (Å²) in [6.07, 6.45) is 7.64. The minimum absolute atomic E-state index is 0.0468. The maximum absolute atomic E-state index is 14.3. The Balaban J connectivity index is 0.000000509. The van der Waals surface area contributed by atoms with Crippen LogP contribution in [-0.4, -0.2) is 34.4 Å². The number of nitrogens with zero attached hydrogens (tertiary/aromatic N) is 2. The van der Waals surface area contributed by atoms with Crippen molar-refractivity contribution in [1.29, 1.82) is 0 Å². The Morgan fingerprint density at radius 2 is 1.83 bits per heavy atom. The van der Waals surface area contributed by atoms with E-state index in [0.29, 0.717) is 28.2 Å². The number of hydrogen-bond acceptors (Lipinski definition) is 6. The summed E-state index contributed by atoms with van der Waals surface area (Å²) in [6.45, 7) is 6.24. The van der Waals surface area contributed by atoms with Crippen molar-refractivity contribution in [3.8, 4) is 11.5 Å². The monoisotopic (exact) mass is 503 g/mol. The van der Waals surface area contributed by atoms with Gasteiger partial charge in [-0.15, -0.1) is 0 Å². The van der Waals surface area contributed by atoms with Gasteiger partial charge in [0.15, 0.2) is 17.3 Å². The molecule has 1 aromatic heterocycles. The molecule has 35 heavy (non-hydrogen) atoms. The Morgan fingerprint density at radius 1 is 1.11 bits per heavy atom. The maximum atomic E-state index is 14.3. The Morgan fingerprint density at radius 3 is 2.46 bits per heavy atom. The highest BCUT2D eigenvalue weighted by Gasteiger charge is 2.22. The van der Waals surface area contributed by atoms with Gasteiger partial charge in [-0.05, 0) is 62.6 Å². The molecule has 0 saturated heterocycles. The van der Waals surface area contributed by atoms with Crippen LogP contribution in [0.2, 0.25) is 5.02 Å². The number of methoxy groups -OCH3 is 1. The Labute approximate surface area is 211 Å². The minimum Gasteiger partial charge on any atom is -0.493 e. The summed E-state index contributed by atoms with van der Waals surface area (Å²) in [5.41, 5.74) is 0.920. The quantitative estimate of drug-likeness (QED) is 0.352. The van der Waals surface area contributed by atoms with Gasteiger partial charge in [0, 0.05) is 11.5 Å². The van der Waals surface area contributed by atoms with Gasteiger partial charge in [0.05, 0.1) is 35.5 Å². The average molecular weight is 504 g/mol. The van der Waals surface area contributed by atoms with Gasteiger partial charge in [0.1, 0.15) is 12.1 Å². The van der Waals surface area contributed by atoms with Crippen LogP contribution in [0.4, 0.5) is 15.9 Å². The third kappa shape index (κ3) is 7.18. The van der Waals surface area contributed by atoms with Gasteiger partial charge in [-0.25, -0.2) is 14.4 Å². The van der Waals surface area contributed by atoms with Crippen LogP contribution in [0.25, 0.3) is 10.9 Å². The average Bonchev–Trinajstić information content (AvgIpc) is 2.88. The molecule has 0 unspecified atom stereocenters. The fraction of sp³-hybridized carbons (Fsp3) is 0.481. The van der Waals surface area contributed by atoms with Gasteiger partial charge in [0.2, 0.25) is 0 Å². The zero-order chi connectivity index (χ0) is 25.4. The molecule has 0 amide bonds. The van der Waals surface area contributed by atoms with Gasteiger partial charge in [-0.1, -0.05) is 38.4 Å². The topological polar surface area (TPSA) is 76.5 Å². The lowest BCUT2D eigenvalue weighted by atomic mass is 9.89. The number of halogens is 2. The smallest absolute Gasteiger partial charge is 0.165 e. The van der Waals surface area contributed by atoms with Crippen molar-refractivity contribution in [1.82, 2.24) is 9.97 Å². The van der Waals surface area contributed by atoms with E-state index in [1.807, 2.05) is 26.0 Å². The van der Waals surface area contributed by atoms with Crippen LogP contribution in [0.3, 0.4) is 0 Å². The molecule has 2 N–H and O–H groups in total. The van der Waals surface area contributed by atoms with Crippen molar-refractivity contribution in [2.45, 2.75) is 71.5 Å². The second kappa shape index (κ2) is 12.9. The van der Waals surface area contributed by atoms with Crippen LogP contribution < -0.4 is 14.8 Å². The summed E-state index contributed by atoms with van der Waals surface area (Å²) >= 11 is 5.90. The maximum Gasteiger partial charge on any atom is 0.165 e. The minimum atomic E-state index is -0.526. The molecule has 1 heterocycles. The molecule has 0 radical (unpaired) electrons. The summed E-state index contributed by atoms with van der Waals surface area (Å²) < 4.78 is 26.1. The first-order chi connectivity index (χ1) is 16.9. The van der Waals surface area contributed by atoms with Crippen molar-refractivity contribution in [3.05, 3.63) is 47.5 Å². The number of anilines is 2. The van der Waals surface area contributed by atoms with Crippen molar-refractivity contribution >= 4 is 34.0 Å². The number of aromatic nitrogens is 2. The number of nitrogens with one attached hydrogen (secondary N) is 1. The molecule has 190 valence electrons. The molecule has 8 heteroatoms. The van der Waals surface area contributed by atoms with E-state index in [0.717, 1.165) is 44.4 Å². The van der Waals surface area contributed by atoms with Gasteiger partial charge in [-0.3, -0.25) is 0 Å². The van der Waals surface area contributed by atoms with E-state index >= 15 is 0 Å². The molecular formula is C27H35ClFN3O3. The summed E-state index contributed by atoms with van der Waals surface area (Å²) in [5.74, 6) is 1.95. The Bertz CT molecular complexity index is 1100. The molecule has 2 aromatic carbocycles. The predicted molar refractivity (Wildman–Crippen MR) is 139 cm³/mol. The second-order valence-electron chi connectivity index (χ2n) is 8.94. The summed E-state index contributed by atoms with van der Waals surface area (Å²) in [6, 6.07) is 8.47. The Hall–Kier alpha value is -2.64. The zero-order valence-electron chi connectivity index (χ0n) is 20.9. The molecule has 1 aliphatic rings. The molecular weight excluding hydrogens is 469 g/mol. The molecule has 0 spiro atoms. The van der Waals surface area contributed by atoms with E-state index in [2.05, 4.69) is 22.2 Å². The molecule has 4 rings (SSSR count). The third-order valence-electron chi connectivity index (χ3n) is 6.32. The third-order valence-corrected chi connectivity index (χ3v) is 6.62. The lowest BCUT2D eigenvalue weighted by Crippen LogP contribution is -2.23. The molecule has 3 aromatic rings. The first-order valence-corrected chi connectivity index (χ1v) is 12.6. The summed E-state index contributed by atoms with van der Waals surface area (Å²) in [7, 11) is 1.61. The molecule has 0 bridgehead atoms. The highest BCUT2D eigenvalue weighted by Crippen LogP contribution is 2.37. The molecule has 0 aliphatic heterocycles. The predicted octanol–water partition coefficient (Wildman–Crippen LogP) is 7.30. The summed E-state index contributed by atoms with van der Waals surface area (Å²) in [5, 5.41) is 12.5. The molecule has 6 nitrogen and oxygen atoms in total. The largest absolute Gasteiger partial charge is 0.493 e. The number of rotatable bonds is 7. The van der Waals surface area contributed by atoms with E-state index in [1.54, 1.807) is 19.2 Å². The van der Waals surface area contributed by atoms with Gasteiger partial charge in [-0.2, -0.15) is 0 Å². The standard InChI is InChI=1S/C22H23ClFN3O2.C5H12O/c1-13-6-8-14(9-7-13)29-20-10-15-18(11-19(20)28-2)25-12-26-22(15)27-17-5-3-4-16(23)21(17)24;1-3-5(6)4-2/h3-5,10-14H,6-9H2,1-2H3,(H,25,26,27);5-6H,3-4H2,1-2H3. The van der Waals surface area contributed by atoms with Crippen molar-refractivity contribution < 1.29 is 19.0 Å².